The lowest BCUT2D eigenvalue weighted by atomic mass is 10.2. The molecule has 0 saturated carbocycles. The summed E-state index contributed by atoms with van der Waals surface area (Å²) >= 11 is 1.35. The monoisotopic (exact) mass is 465 g/mol. The van der Waals surface area contributed by atoms with Crippen LogP contribution in [0.5, 0.6) is 0 Å². The quantitative estimate of drug-likeness (QED) is 0.345. The average Bonchev–Trinajstić information content (AvgIpc) is 3.58. The number of anilines is 1. The van der Waals surface area contributed by atoms with E-state index < -0.39 is 0 Å². The summed E-state index contributed by atoms with van der Waals surface area (Å²) in [6.45, 7) is 0. The highest BCUT2D eigenvalue weighted by molar-refractivity contribution is 7.99. The van der Waals surface area contributed by atoms with E-state index in [9.17, 15) is 4.79 Å². The zero-order valence-electron chi connectivity index (χ0n) is 17.9. The number of amides is 1. The van der Waals surface area contributed by atoms with Gasteiger partial charge in [0.15, 0.2) is 5.16 Å². The van der Waals surface area contributed by atoms with Crippen molar-refractivity contribution >= 4 is 40.3 Å². The summed E-state index contributed by atoms with van der Waals surface area (Å²) in [4.78, 5) is 17.5. The molecule has 8 nitrogen and oxygen atoms in total. The maximum absolute atomic E-state index is 12.9. The first-order chi connectivity index (χ1) is 16.8. The number of hydrogen-bond acceptors (Lipinski definition) is 5. The topological polar surface area (TPSA) is 92.9 Å². The molecule has 34 heavy (non-hydrogen) atoms. The van der Waals surface area contributed by atoms with Crippen molar-refractivity contribution in [1.29, 1.82) is 0 Å². The fourth-order valence-electron chi connectivity index (χ4n) is 3.83. The Bertz CT molecular complexity index is 1600. The van der Waals surface area contributed by atoms with E-state index in [4.69, 9.17) is 5.10 Å². The second kappa shape index (κ2) is 8.53. The van der Waals surface area contributed by atoms with Crippen molar-refractivity contribution in [3.63, 3.8) is 0 Å². The van der Waals surface area contributed by atoms with Gasteiger partial charge in [0.1, 0.15) is 5.82 Å². The third kappa shape index (κ3) is 3.71. The number of carbonyl (C=O) groups is 1. The molecule has 3 aromatic heterocycles. The molecule has 0 aliphatic heterocycles. The summed E-state index contributed by atoms with van der Waals surface area (Å²) in [6, 6.07) is 29.4. The first-order valence-corrected chi connectivity index (χ1v) is 11.7. The van der Waals surface area contributed by atoms with Gasteiger partial charge in [-0.05, 0) is 24.3 Å². The first-order valence-electron chi connectivity index (χ1n) is 10.7. The summed E-state index contributed by atoms with van der Waals surface area (Å²) in [6.07, 6.45) is 0. The van der Waals surface area contributed by atoms with Gasteiger partial charge in [0.25, 0.3) is 0 Å². The Morgan fingerprint density at radius 2 is 1.68 bits per heavy atom. The summed E-state index contributed by atoms with van der Waals surface area (Å²) < 4.78 is 3.68. The molecule has 0 spiro atoms. The molecule has 1 amide bonds. The maximum atomic E-state index is 12.9. The molecule has 3 aromatic carbocycles. The molecule has 0 atom stereocenters. The molecule has 6 rings (SSSR count). The number of benzene rings is 3. The Hall–Kier alpha value is -4.37. The maximum Gasteiger partial charge on any atom is 0.236 e. The molecule has 3 heterocycles. The largest absolute Gasteiger partial charge is 0.310 e. The van der Waals surface area contributed by atoms with Gasteiger partial charge in [0.2, 0.25) is 11.7 Å². The zero-order valence-corrected chi connectivity index (χ0v) is 18.7. The summed E-state index contributed by atoms with van der Waals surface area (Å²) in [5, 5.41) is 15.7. The van der Waals surface area contributed by atoms with Crippen LogP contribution < -0.4 is 5.32 Å². The number of carbonyl (C=O) groups excluding carboxylic acids is 1. The molecule has 0 radical (unpaired) electrons. The Kier molecular flexibility index (Phi) is 5.08. The number of nitrogens with one attached hydrogen (secondary N) is 2. The fraction of sp³-hybridized carbons (Fsp3) is 0.0400. The molecule has 0 bridgehead atoms. The molecular formula is C25H19N7OS. The number of fused-ring (bicyclic) bond motifs is 3. The summed E-state index contributed by atoms with van der Waals surface area (Å²) in [7, 11) is 0. The highest BCUT2D eigenvalue weighted by Gasteiger charge is 2.16. The number of aromatic amines is 1. The van der Waals surface area contributed by atoms with Gasteiger partial charge in [-0.25, -0.2) is 14.8 Å². The van der Waals surface area contributed by atoms with Crippen LogP contribution in [-0.2, 0) is 4.79 Å². The number of aromatic nitrogens is 6. The molecule has 9 heteroatoms. The van der Waals surface area contributed by atoms with Crippen molar-refractivity contribution < 1.29 is 4.79 Å². The van der Waals surface area contributed by atoms with E-state index in [2.05, 4.69) is 20.5 Å². The molecule has 166 valence electrons. The van der Waals surface area contributed by atoms with E-state index in [-0.39, 0.29) is 11.7 Å². The van der Waals surface area contributed by atoms with Gasteiger partial charge >= 0.3 is 0 Å². The van der Waals surface area contributed by atoms with Gasteiger partial charge in [-0.3, -0.25) is 9.20 Å². The highest BCUT2D eigenvalue weighted by atomic mass is 32.2. The molecule has 0 fully saturated rings. The van der Waals surface area contributed by atoms with Crippen LogP contribution in [-0.4, -0.2) is 41.0 Å². The van der Waals surface area contributed by atoms with Crippen LogP contribution in [0.25, 0.3) is 33.8 Å². The lowest BCUT2D eigenvalue weighted by Crippen LogP contribution is -2.17. The van der Waals surface area contributed by atoms with Crippen LogP contribution in [0.3, 0.4) is 0 Å². The van der Waals surface area contributed by atoms with Gasteiger partial charge in [0, 0.05) is 11.6 Å². The van der Waals surface area contributed by atoms with Gasteiger partial charge < -0.3 is 5.32 Å². The van der Waals surface area contributed by atoms with E-state index in [1.165, 1.54) is 11.8 Å². The first kappa shape index (κ1) is 20.3. The predicted molar refractivity (Wildman–Crippen MR) is 133 cm³/mol. The van der Waals surface area contributed by atoms with E-state index in [0.29, 0.717) is 16.8 Å². The number of imidazole rings is 1. The van der Waals surface area contributed by atoms with Crippen LogP contribution in [0.15, 0.2) is 96.2 Å². The number of hydrogen-bond donors (Lipinski definition) is 2. The molecule has 0 unspecified atom stereocenters. The molecule has 2 N–H and O–H groups in total. The SMILES string of the molecule is O=C(CSc1n[nH]c2nc3ccccc3n12)Nc1cc(-c2ccccc2)nn1-c1ccccc1. The van der Waals surface area contributed by atoms with E-state index in [1.807, 2.05) is 95.4 Å². The number of nitrogens with zero attached hydrogens (tertiary/aromatic N) is 5. The lowest BCUT2D eigenvalue weighted by molar-refractivity contribution is -0.113. The van der Waals surface area contributed by atoms with Crippen LogP contribution >= 0.6 is 11.8 Å². The molecular weight excluding hydrogens is 446 g/mol. The third-order valence-corrected chi connectivity index (χ3v) is 6.32. The Morgan fingerprint density at radius 3 is 2.50 bits per heavy atom. The van der Waals surface area contributed by atoms with Crippen LogP contribution in [0, 0.1) is 0 Å². The Balaban J connectivity index is 1.26. The van der Waals surface area contributed by atoms with Gasteiger partial charge in [0.05, 0.1) is 28.2 Å². The minimum absolute atomic E-state index is 0.151. The minimum Gasteiger partial charge on any atom is -0.310 e. The van der Waals surface area contributed by atoms with E-state index >= 15 is 0 Å². The second-order valence-corrected chi connectivity index (χ2v) is 8.57. The smallest absolute Gasteiger partial charge is 0.236 e. The summed E-state index contributed by atoms with van der Waals surface area (Å²) in [5.41, 5.74) is 4.46. The van der Waals surface area contributed by atoms with Crippen molar-refractivity contribution in [2.45, 2.75) is 5.16 Å². The Morgan fingerprint density at radius 1 is 0.941 bits per heavy atom. The van der Waals surface area contributed by atoms with Crippen molar-refractivity contribution in [3.8, 4) is 16.9 Å². The second-order valence-electron chi connectivity index (χ2n) is 7.63. The molecule has 0 saturated heterocycles. The van der Waals surface area contributed by atoms with Crippen molar-refractivity contribution in [3.05, 3.63) is 91.0 Å². The fourth-order valence-corrected chi connectivity index (χ4v) is 4.59. The van der Waals surface area contributed by atoms with Gasteiger partial charge in [-0.1, -0.05) is 72.4 Å². The van der Waals surface area contributed by atoms with E-state index in [0.717, 1.165) is 28.0 Å². The molecule has 6 aromatic rings. The number of thioether (sulfide) groups is 1. The highest BCUT2D eigenvalue weighted by Crippen LogP contribution is 2.26. The summed E-state index contributed by atoms with van der Waals surface area (Å²) in [5.74, 6) is 1.30. The normalized spacial score (nSPS) is 11.3. The van der Waals surface area contributed by atoms with Crippen molar-refractivity contribution in [2.24, 2.45) is 0 Å². The van der Waals surface area contributed by atoms with Crippen LogP contribution in [0.1, 0.15) is 0 Å². The lowest BCUT2D eigenvalue weighted by Gasteiger charge is -2.08. The van der Waals surface area contributed by atoms with Crippen LogP contribution in [0.4, 0.5) is 5.82 Å². The average molecular weight is 466 g/mol. The number of rotatable bonds is 6. The van der Waals surface area contributed by atoms with Gasteiger partial charge in [-0.2, -0.15) is 5.10 Å². The number of H-pyrrole nitrogens is 1. The third-order valence-electron chi connectivity index (χ3n) is 5.38. The molecule has 0 aliphatic carbocycles. The van der Waals surface area contributed by atoms with Crippen molar-refractivity contribution in [2.75, 3.05) is 11.1 Å². The predicted octanol–water partition coefficient (Wildman–Crippen LogP) is 4.79. The van der Waals surface area contributed by atoms with Gasteiger partial charge in [-0.15, -0.1) is 5.10 Å². The zero-order chi connectivity index (χ0) is 22.9. The van der Waals surface area contributed by atoms with Crippen LogP contribution in [0.2, 0.25) is 0 Å². The Labute approximate surface area is 198 Å². The minimum atomic E-state index is -0.151. The van der Waals surface area contributed by atoms with Crippen molar-refractivity contribution in [1.82, 2.24) is 29.4 Å². The number of para-hydroxylation sites is 3. The molecule has 0 aliphatic rings. The standard InChI is InChI=1S/C25H19N7OS/c33-23(16-34-25-29-28-24-26-19-13-7-8-14-21(19)31(24)25)27-22-15-20(17-9-3-1-4-10-17)30-32(22)18-11-5-2-6-12-18/h1-15H,16H2,(H,26,28)(H,27,33). The van der Waals surface area contributed by atoms with E-state index in [1.54, 1.807) is 4.68 Å².